The predicted octanol–water partition coefficient (Wildman–Crippen LogP) is 3.38. The van der Waals surface area contributed by atoms with Gasteiger partial charge in [-0.2, -0.15) is 5.10 Å². The number of carbonyl (C=O) groups excluding carboxylic acids is 1. The van der Waals surface area contributed by atoms with Crippen molar-refractivity contribution in [2.24, 2.45) is 5.10 Å². The minimum atomic E-state index is -0.444. The van der Waals surface area contributed by atoms with Crippen LogP contribution in [-0.2, 0) is 11.2 Å². The van der Waals surface area contributed by atoms with Crippen LogP contribution in [0.3, 0.4) is 0 Å². The Bertz CT molecular complexity index is 767. The van der Waals surface area contributed by atoms with Gasteiger partial charge in [-0.3, -0.25) is 4.79 Å². The lowest BCUT2D eigenvalue weighted by molar-refractivity contribution is -0.121. The number of allylic oxidation sites excluding steroid dienone is 1. The van der Waals surface area contributed by atoms with Crippen LogP contribution >= 0.6 is 0 Å². The molecule has 0 bridgehead atoms. The number of para-hydroxylation sites is 1. The monoisotopic (exact) mass is 337 g/mol. The van der Waals surface area contributed by atoms with Crippen molar-refractivity contribution in [2.75, 3.05) is 5.32 Å². The number of benzene rings is 2. The molecule has 0 aliphatic heterocycles. The lowest BCUT2D eigenvalue weighted by atomic mass is 10.1. The van der Waals surface area contributed by atoms with Gasteiger partial charge < -0.3 is 10.4 Å². The van der Waals surface area contributed by atoms with Gasteiger partial charge in [0, 0.05) is 11.3 Å². The maximum atomic E-state index is 12.1. The van der Waals surface area contributed by atoms with Gasteiger partial charge in [-0.25, -0.2) is 5.43 Å². The van der Waals surface area contributed by atoms with Crippen LogP contribution in [-0.4, -0.2) is 23.3 Å². The number of aromatic hydroxyl groups is 1. The summed E-state index contributed by atoms with van der Waals surface area (Å²) in [4.78, 5) is 12.1. The van der Waals surface area contributed by atoms with E-state index in [1.54, 1.807) is 19.1 Å². The predicted molar refractivity (Wildman–Crippen MR) is 102 cm³/mol. The van der Waals surface area contributed by atoms with E-state index < -0.39 is 6.04 Å². The Morgan fingerprint density at radius 2 is 2.00 bits per heavy atom. The van der Waals surface area contributed by atoms with Crippen molar-refractivity contribution < 1.29 is 9.90 Å². The third-order valence-electron chi connectivity index (χ3n) is 3.72. The molecular formula is C20H23N3O2. The Morgan fingerprint density at radius 1 is 1.28 bits per heavy atom. The number of anilines is 1. The molecule has 0 heterocycles. The first-order valence-corrected chi connectivity index (χ1v) is 8.09. The minimum absolute atomic E-state index is 0.145. The van der Waals surface area contributed by atoms with Gasteiger partial charge in [0.05, 0.1) is 6.21 Å². The molecule has 0 aromatic heterocycles. The maximum absolute atomic E-state index is 12.1. The summed E-state index contributed by atoms with van der Waals surface area (Å²) in [5, 5.41) is 17.2. The zero-order chi connectivity index (χ0) is 18.2. The van der Waals surface area contributed by atoms with E-state index in [1.807, 2.05) is 43.3 Å². The summed E-state index contributed by atoms with van der Waals surface area (Å²) in [6.45, 7) is 7.43. The van der Waals surface area contributed by atoms with E-state index in [9.17, 15) is 9.90 Å². The summed E-state index contributed by atoms with van der Waals surface area (Å²) < 4.78 is 0. The summed E-state index contributed by atoms with van der Waals surface area (Å²) >= 11 is 0. The molecule has 1 atom stereocenters. The SMILES string of the molecule is C=CCc1cccc(/C=N/NC(=O)[C@@H](C)Nc2ccc(C)cc2)c1O. The molecule has 0 radical (unpaired) electrons. The molecule has 2 aromatic rings. The molecule has 5 heteroatoms. The first-order valence-electron chi connectivity index (χ1n) is 8.09. The van der Waals surface area contributed by atoms with Crippen molar-refractivity contribution in [3.05, 3.63) is 71.8 Å². The molecule has 0 aliphatic rings. The number of hydrazone groups is 1. The van der Waals surface area contributed by atoms with Gasteiger partial charge in [0.15, 0.2) is 0 Å². The number of phenols is 1. The second-order valence-electron chi connectivity index (χ2n) is 5.81. The fourth-order valence-corrected chi connectivity index (χ4v) is 2.26. The van der Waals surface area contributed by atoms with Crippen molar-refractivity contribution in [1.82, 2.24) is 5.43 Å². The Balaban J connectivity index is 1.94. The van der Waals surface area contributed by atoms with Gasteiger partial charge in [0.2, 0.25) is 0 Å². The lowest BCUT2D eigenvalue weighted by Gasteiger charge is -2.13. The molecule has 130 valence electrons. The highest BCUT2D eigenvalue weighted by Gasteiger charge is 2.11. The second-order valence-corrected chi connectivity index (χ2v) is 5.81. The highest BCUT2D eigenvalue weighted by molar-refractivity contribution is 5.88. The Kier molecular flexibility index (Phi) is 6.34. The number of hydrogen-bond acceptors (Lipinski definition) is 4. The summed E-state index contributed by atoms with van der Waals surface area (Å²) in [6.07, 6.45) is 3.71. The molecule has 1 amide bonds. The molecule has 0 saturated carbocycles. The molecule has 0 fully saturated rings. The van der Waals surface area contributed by atoms with E-state index in [4.69, 9.17) is 0 Å². The van der Waals surface area contributed by atoms with Crippen molar-refractivity contribution in [2.45, 2.75) is 26.3 Å². The molecule has 25 heavy (non-hydrogen) atoms. The van der Waals surface area contributed by atoms with Crippen LogP contribution in [0.25, 0.3) is 0 Å². The van der Waals surface area contributed by atoms with Crippen LogP contribution in [0.2, 0.25) is 0 Å². The van der Waals surface area contributed by atoms with Gasteiger partial charge in [-0.05, 0) is 44.0 Å². The molecule has 3 N–H and O–H groups in total. The van der Waals surface area contributed by atoms with Gasteiger partial charge >= 0.3 is 0 Å². The number of amides is 1. The lowest BCUT2D eigenvalue weighted by Crippen LogP contribution is -2.34. The molecule has 2 rings (SSSR count). The van der Waals surface area contributed by atoms with Gasteiger partial charge in [0.1, 0.15) is 11.8 Å². The number of rotatable bonds is 7. The third-order valence-corrected chi connectivity index (χ3v) is 3.72. The van der Waals surface area contributed by atoms with Gasteiger partial charge in [-0.1, -0.05) is 35.9 Å². The fraction of sp³-hybridized carbons (Fsp3) is 0.200. The normalized spacial score (nSPS) is 11.9. The number of carbonyl (C=O) groups is 1. The standard InChI is InChI=1S/C20H23N3O2/c1-4-6-16-7-5-8-17(19(16)24)13-21-23-20(25)15(3)22-18-11-9-14(2)10-12-18/h4-5,7-13,15,22,24H,1,6H2,2-3H3,(H,23,25)/b21-13+/t15-/m1/s1. The average Bonchev–Trinajstić information content (AvgIpc) is 2.60. The zero-order valence-corrected chi connectivity index (χ0v) is 14.5. The quantitative estimate of drug-likeness (QED) is 0.412. The van der Waals surface area contributed by atoms with Crippen molar-refractivity contribution in [1.29, 1.82) is 0 Å². The highest BCUT2D eigenvalue weighted by atomic mass is 16.3. The molecule has 5 nitrogen and oxygen atoms in total. The van der Waals surface area contributed by atoms with E-state index in [-0.39, 0.29) is 11.7 Å². The number of nitrogens with zero attached hydrogens (tertiary/aromatic N) is 1. The average molecular weight is 337 g/mol. The van der Waals surface area contributed by atoms with Gasteiger partial charge in [0.25, 0.3) is 5.91 Å². The van der Waals surface area contributed by atoms with Crippen LogP contribution in [0.15, 0.2) is 60.2 Å². The van der Waals surface area contributed by atoms with Crippen LogP contribution in [0.5, 0.6) is 5.75 Å². The van der Waals surface area contributed by atoms with Crippen molar-refractivity contribution >= 4 is 17.8 Å². The highest BCUT2D eigenvalue weighted by Crippen LogP contribution is 2.21. The first kappa shape index (κ1) is 18.3. The first-order chi connectivity index (χ1) is 12.0. The summed E-state index contributed by atoms with van der Waals surface area (Å²) in [5.41, 5.74) is 5.81. The molecule has 0 unspecified atom stereocenters. The maximum Gasteiger partial charge on any atom is 0.262 e. The Labute approximate surface area is 148 Å². The molecular weight excluding hydrogens is 314 g/mol. The second kappa shape index (κ2) is 8.68. The molecule has 0 spiro atoms. The molecule has 2 aromatic carbocycles. The van der Waals surface area contributed by atoms with Crippen LogP contribution in [0, 0.1) is 6.92 Å². The van der Waals surface area contributed by atoms with Crippen molar-refractivity contribution in [3.63, 3.8) is 0 Å². The fourth-order valence-electron chi connectivity index (χ4n) is 2.26. The van der Waals surface area contributed by atoms with E-state index in [2.05, 4.69) is 22.4 Å². The largest absolute Gasteiger partial charge is 0.507 e. The summed E-state index contributed by atoms with van der Waals surface area (Å²) in [6, 6.07) is 12.7. The van der Waals surface area contributed by atoms with Crippen LogP contribution < -0.4 is 10.7 Å². The van der Waals surface area contributed by atoms with Gasteiger partial charge in [-0.15, -0.1) is 6.58 Å². The van der Waals surface area contributed by atoms with E-state index in [0.29, 0.717) is 12.0 Å². The van der Waals surface area contributed by atoms with E-state index >= 15 is 0 Å². The Morgan fingerprint density at radius 3 is 2.68 bits per heavy atom. The topological polar surface area (TPSA) is 73.7 Å². The number of nitrogens with one attached hydrogen (secondary N) is 2. The van der Waals surface area contributed by atoms with E-state index in [1.165, 1.54) is 6.21 Å². The molecule has 0 saturated heterocycles. The van der Waals surface area contributed by atoms with Crippen LogP contribution in [0.1, 0.15) is 23.6 Å². The van der Waals surface area contributed by atoms with Crippen molar-refractivity contribution in [3.8, 4) is 5.75 Å². The smallest absolute Gasteiger partial charge is 0.262 e. The summed E-state index contributed by atoms with van der Waals surface area (Å²) in [5.74, 6) is -0.121. The summed E-state index contributed by atoms with van der Waals surface area (Å²) in [7, 11) is 0. The molecule has 0 aliphatic carbocycles. The minimum Gasteiger partial charge on any atom is -0.507 e. The third kappa shape index (κ3) is 5.21. The van der Waals surface area contributed by atoms with E-state index in [0.717, 1.165) is 16.8 Å². The number of aryl methyl sites for hydroxylation is 1. The number of phenolic OH excluding ortho intramolecular Hbond substituents is 1. The number of hydrogen-bond donors (Lipinski definition) is 3. The van der Waals surface area contributed by atoms with Crippen LogP contribution in [0.4, 0.5) is 5.69 Å². The Hall–Kier alpha value is -3.08. The zero-order valence-electron chi connectivity index (χ0n) is 14.5.